The number of hydrogen-bond donors (Lipinski definition) is 0. The molecule has 4 heterocycles. The van der Waals surface area contributed by atoms with E-state index in [2.05, 4.69) is 39.8 Å². The molecule has 6 nitrogen and oxygen atoms in total. The first-order chi connectivity index (χ1) is 17.9. The standard InChI is InChI=1S/C26H24N4O2S6/c1-7-29-21(31)19(37-23(29)33)27-13-9-11-15(26(13,5)6)18-16(25(11,3)4)17-12(35-18)10-14(36-17)28-20-22(32)30(8-2)24(34)38-20/h9-10H,7-8H2,1-6H3. The van der Waals surface area contributed by atoms with E-state index in [1.54, 1.807) is 32.5 Å². The number of allylic oxidation sites excluding steroid dienone is 3. The molecule has 0 atom stereocenters. The van der Waals surface area contributed by atoms with Gasteiger partial charge in [0.05, 0.1) is 10.4 Å². The zero-order chi connectivity index (χ0) is 27.3. The second-order valence-corrected chi connectivity index (χ2v) is 15.6. The van der Waals surface area contributed by atoms with Gasteiger partial charge in [0, 0.05) is 33.5 Å². The molecule has 196 valence electrons. The monoisotopic (exact) mass is 616 g/mol. The topological polar surface area (TPSA) is 65.3 Å². The fourth-order valence-electron chi connectivity index (χ4n) is 5.39. The number of amides is 2. The molecular formula is C26H24N4O2S6. The van der Waals surface area contributed by atoms with Crippen molar-refractivity contribution in [3.8, 4) is 0 Å². The molecule has 2 amide bonds. The minimum absolute atomic E-state index is 0.112. The predicted molar refractivity (Wildman–Crippen MR) is 171 cm³/mol. The van der Waals surface area contributed by atoms with Crippen LogP contribution in [0.15, 0.2) is 33.4 Å². The summed E-state index contributed by atoms with van der Waals surface area (Å²) in [4.78, 5) is 39.6. The quantitative estimate of drug-likeness (QED) is 0.341. The van der Waals surface area contributed by atoms with Crippen LogP contribution in [0.2, 0.25) is 0 Å². The maximum Gasteiger partial charge on any atom is 0.285 e. The smallest absolute Gasteiger partial charge is 0.285 e. The van der Waals surface area contributed by atoms with Gasteiger partial charge in [-0.3, -0.25) is 19.4 Å². The van der Waals surface area contributed by atoms with E-state index in [0.29, 0.717) is 31.8 Å². The fourth-order valence-corrected chi connectivity index (χ4v) is 11.0. The second kappa shape index (κ2) is 8.90. The third kappa shape index (κ3) is 3.63. The van der Waals surface area contributed by atoms with E-state index in [9.17, 15) is 9.59 Å². The molecule has 2 aromatic heterocycles. The van der Waals surface area contributed by atoms with E-state index in [1.165, 1.54) is 54.5 Å². The average molecular weight is 617 g/mol. The highest BCUT2D eigenvalue weighted by atomic mass is 32.2. The van der Waals surface area contributed by atoms with E-state index in [-0.39, 0.29) is 22.6 Å². The third-order valence-electron chi connectivity index (χ3n) is 7.42. The lowest BCUT2D eigenvalue weighted by Crippen LogP contribution is -2.29. The highest BCUT2D eigenvalue weighted by Crippen LogP contribution is 2.64. The second-order valence-electron chi connectivity index (χ2n) is 10.3. The lowest BCUT2D eigenvalue weighted by molar-refractivity contribution is -0.120. The molecule has 6 rings (SSSR count). The van der Waals surface area contributed by atoms with Crippen LogP contribution in [0.3, 0.4) is 0 Å². The van der Waals surface area contributed by atoms with Crippen molar-refractivity contribution in [2.45, 2.75) is 47.0 Å². The number of hydrogen-bond acceptors (Lipinski definition) is 10. The minimum atomic E-state index is -0.352. The van der Waals surface area contributed by atoms with Gasteiger partial charge in [-0.05, 0) is 66.2 Å². The van der Waals surface area contributed by atoms with Gasteiger partial charge in [-0.15, -0.1) is 22.7 Å². The van der Waals surface area contributed by atoms with Gasteiger partial charge in [0.15, 0.2) is 10.1 Å². The number of thiophene rings is 2. The molecule has 0 unspecified atom stereocenters. The Morgan fingerprint density at radius 1 is 0.868 bits per heavy atom. The van der Waals surface area contributed by atoms with E-state index in [4.69, 9.17) is 34.4 Å². The van der Waals surface area contributed by atoms with Crippen molar-refractivity contribution >= 4 is 121 Å². The number of fused-ring (bicyclic) bond motifs is 4. The maximum absolute atomic E-state index is 12.8. The molecule has 2 fully saturated rings. The van der Waals surface area contributed by atoms with E-state index in [0.717, 1.165) is 10.7 Å². The summed E-state index contributed by atoms with van der Waals surface area (Å²) in [6, 6.07) is 2.09. The Morgan fingerprint density at radius 3 is 2.00 bits per heavy atom. The molecule has 0 spiro atoms. The highest BCUT2D eigenvalue weighted by Gasteiger charge is 2.50. The zero-order valence-electron chi connectivity index (χ0n) is 21.6. The molecule has 0 saturated carbocycles. The van der Waals surface area contributed by atoms with Crippen LogP contribution >= 0.6 is 70.6 Å². The molecule has 38 heavy (non-hydrogen) atoms. The summed E-state index contributed by atoms with van der Waals surface area (Å²) < 4.78 is 3.52. The maximum atomic E-state index is 12.8. The molecule has 2 saturated heterocycles. The molecule has 4 aliphatic rings. The number of thioether (sulfide) groups is 2. The molecule has 0 N–H and O–H groups in total. The van der Waals surface area contributed by atoms with Crippen molar-refractivity contribution in [3.05, 3.63) is 33.9 Å². The van der Waals surface area contributed by atoms with Gasteiger partial charge in [-0.1, -0.05) is 52.1 Å². The highest BCUT2D eigenvalue weighted by molar-refractivity contribution is 8.35. The van der Waals surface area contributed by atoms with Gasteiger partial charge < -0.3 is 0 Å². The molecule has 0 radical (unpaired) electrons. The Labute approximate surface area is 248 Å². The van der Waals surface area contributed by atoms with Crippen LogP contribution in [0.4, 0.5) is 5.00 Å². The Morgan fingerprint density at radius 2 is 1.45 bits per heavy atom. The fraction of sp³-hybridized carbons (Fsp3) is 0.385. The molecule has 2 aromatic rings. The van der Waals surface area contributed by atoms with Gasteiger partial charge in [-0.2, -0.15) is 0 Å². The van der Waals surface area contributed by atoms with Gasteiger partial charge >= 0.3 is 0 Å². The Hall–Kier alpha value is -1.70. The molecule has 12 heteroatoms. The first kappa shape index (κ1) is 26.5. The Bertz CT molecular complexity index is 1630. The van der Waals surface area contributed by atoms with Crippen LogP contribution in [-0.2, 0) is 15.0 Å². The van der Waals surface area contributed by atoms with Crippen molar-refractivity contribution < 1.29 is 9.59 Å². The lowest BCUT2D eigenvalue weighted by atomic mass is 9.82. The van der Waals surface area contributed by atoms with Crippen LogP contribution in [0.25, 0.3) is 15.0 Å². The van der Waals surface area contributed by atoms with Crippen molar-refractivity contribution in [2.24, 2.45) is 15.4 Å². The van der Waals surface area contributed by atoms with E-state index >= 15 is 0 Å². The van der Waals surface area contributed by atoms with Crippen molar-refractivity contribution in [2.75, 3.05) is 13.1 Å². The Balaban J connectivity index is 1.38. The summed E-state index contributed by atoms with van der Waals surface area (Å²) in [7, 11) is 0. The third-order valence-corrected chi connectivity index (χ3v) is 12.4. The predicted octanol–water partition coefficient (Wildman–Crippen LogP) is 7.12. The number of thiocarbonyl (C=S) groups is 2. The van der Waals surface area contributed by atoms with Crippen LogP contribution in [0.5, 0.6) is 0 Å². The normalized spacial score (nSPS) is 24.2. The average Bonchev–Trinajstić information content (AvgIpc) is 3.60. The number of rotatable bonds is 4. The SMILES string of the molecule is CCN1C(=O)C(=NC2=CC3=C(c4sc5cc(N=C6SC(=S)N(CC)C6=O)sc5c4C3(C)C)C2(C)C)SC1=S. The summed E-state index contributed by atoms with van der Waals surface area (Å²) in [5.74, 6) is -0.230. The molecular weight excluding hydrogens is 593 g/mol. The zero-order valence-corrected chi connectivity index (χ0v) is 26.5. The van der Waals surface area contributed by atoms with Crippen LogP contribution < -0.4 is 0 Å². The van der Waals surface area contributed by atoms with Crippen LogP contribution in [0, 0.1) is 5.41 Å². The van der Waals surface area contributed by atoms with Gasteiger partial charge in [0.25, 0.3) is 11.8 Å². The van der Waals surface area contributed by atoms with Crippen molar-refractivity contribution in [1.29, 1.82) is 0 Å². The summed E-state index contributed by atoms with van der Waals surface area (Å²) >= 11 is 16.7. The van der Waals surface area contributed by atoms with Crippen LogP contribution in [-0.4, -0.2) is 53.4 Å². The summed E-state index contributed by atoms with van der Waals surface area (Å²) in [6.07, 6.45) is 2.18. The number of carbonyl (C=O) groups excluding carboxylic acids is 2. The van der Waals surface area contributed by atoms with E-state index in [1.807, 2.05) is 13.8 Å². The lowest BCUT2D eigenvalue weighted by Gasteiger charge is -2.24. The van der Waals surface area contributed by atoms with Gasteiger partial charge in [0.2, 0.25) is 0 Å². The Kier molecular flexibility index (Phi) is 6.21. The first-order valence-electron chi connectivity index (χ1n) is 12.2. The minimum Gasteiger partial charge on any atom is -0.292 e. The largest absolute Gasteiger partial charge is 0.292 e. The molecule has 0 bridgehead atoms. The van der Waals surface area contributed by atoms with Crippen molar-refractivity contribution in [1.82, 2.24) is 9.80 Å². The van der Waals surface area contributed by atoms with Crippen LogP contribution in [0.1, 0.15) is 52.0 Å². The number of aliphatic imine (C=N–C) groups is 2. The molecule has 2 aliphatic carbocycles. The molecule has 2 aliphatic heterocycles. The van der Waals surface area contributed by atoms with Gasteiger partial charge in [-0.25, -0.2) is 9.98 Å². The summed E-state index contributed by atoms with van der Waals surface area (Å²) in [6.45, 7) is 13.8. The molecule has 0 aromatic carbocycles. The summed E-state index contributed by atoms with van der Waals surface area (Å²) in [5.41, 5.74) is 4.17. The number of nitrogens with zero attached hydrogens (tertiary/aromatic N) is 4. The van der Waals surface area contributed by atoms with E-state index < -0.39 is 0 Å². The number of carbonyl (C=O) groups is 2. The summed E-state index contributed by atoms with van der Waals surface area (Å²) in [5, 5.41) is 1.71. The van der Waals surface area contributed by atoms with Crippen molar-refractivity contribution in [3.63, 3.8) is 0 Å². The first-order valence-corrected chi connectivity index (χ1v) is 16.3. The van der Waals surface area contributed by atoms with Gasteiger partial charge in [0.1, 0.15) is 13.6 Å².